The van der Waals surface area contributed by atoms with E-state index in [-0.39, 0.29) is 5.91 Å². The maximum absolute atomic E-state index is 12.2. The summed E-state index contributed by atoms with van der Waals surface area (Å²) in [6.45, 7) is 0. The van der Waals surface area contributed by atoms with E-state index in [1.165, 1.54) is 11.3 Å². The van der Waals surface area contributed by atoms with E-state index in [4.69, 9.17) is 0 Å². The van der Waals surface area contributed by atoms with Crippen molar-refractivity contribution < 1.29 is 4.79 Å². The molecule has 1 N–H and O–H groups in total. The Bertz CT molecular complexity index is 797. The number of nitrogens with one attached hydrogen (secondary N) is 1. The van der Waals surface area contributed by atoms with E-state index in [0.717, 1.165) is 24.7 Å². The first kappa shape index (κ1) is 13.8. The summed E-state index contributed by atoms with van der Waals surface area (Å²) in [7, 11) is 0. The molecule has 0 saturated heterocycles. The average Bonchev–Trinajstić information content (AvgIpc) is 2.89. The van der Waals surface area contributed by atoms with Crippen LogP contribution in [0.25, 0.3) is 10.8 Å². The van der Waals surface area contributed by atoms with Crippen LogP contribution in [0.15, 0.2) is 56.1 Å². The number of benzene rings is 2. The zero-order valence-electron chi connectivity index (χ0n) is 10.2. The number of thiophene rings is 1. The Labute approximate surface area is 137 Å². The minimum atomic E-state index is -0.0978. The third-order valence-electron chi connectivity index (χ3n) is 2.95. The van der Waals surface area contributed by atoms with Gasteiger partial charge in [0.25, 0.3) is 5.91 Å². The smallest absolute Gasteiger partial charge is 0.256 e. The van der Waals surface area contributed by atoms with Gasteiger partial charge in [-0.05, 0) is 39.5 Å². The van der Waals surface area contributed by atoms with Crippen LogP contribution in [-0.4, -0.2) is 5.91 Å². The van der Waals surface area contributed by atoms with Gasteiger partial charge in [-0.1, -0.05) is 40.2 Å². The summed E-state index contributed by atoms with van der Waals surface area (Å²) < 4.78 is 1.97. The van der Waals surface area contributed by atoms with Crippen LogP contribution in [0.4, 0.5) is 5.69 Å². The van der Waals surface area contributed by atoms with Crippen molar-refractivity contribution in [1.29, 1.82) is 0 Å². The van der Waals surface area contributed by atoms with Gasteiger partial charge in [-0.15, -0.1) is 11.3 Å². The number of anilines is 1. The number of fused-ring (bicyclic) bond motifs is 1. The number of rotatable bonds is 2. The molecule has 1 amide bonds. The highest BCUT2D eigenvalue weighted by Gasteiger charge is 2.11. The summed E-state index contributed by atoms with van der Waals surface area (Å²) >= 11 is 8.39. The Kier molecular flexibility index (Phi) is 3.92. The van der Waals surface area contributed by atoms with Crippen molar-refractivity contribution in [3.8, 4) is 0 Å². The number of carbonyl (C=O) groups excluding carboxylic acids is 1. The maximum Gasteiger partial charge on any atom is 0.256 e. The summed E-state index contributed by atoms with van der Waals surface area (Å²) in [5, 5.41) is 6.90. The van der Waals surface area contributed by atoms with Crippen molar-refractivity contribution >= 4 is 65.6 Å². The monoisotopic (exact) mass is 409 g/mol. The summed E-state index contributed by atoms with van der Waals surface area (Å²) in [4.78, 5) is 12.2. The topological polar surface area (TPSA) is 29.1 Å². The van der Waals surface area contributed by atoms with Gasteiger partial charge in [0, 0.05) is 20.9 Å². The molecule has 1 aromatic heterocycles. The summed E-state index contributed by atoms with van der Waals surface area (Å²) in [6, 6.07) is 13.6. The molecule has 2 aromatic carbocycles. The molecule has 0 aliphatic heterocycles. The molecule has 3 rings (SSSR count). The molecule has 0 bridgehead atoms. The Morgan fingerprint density at radius 3 is 2.50 bits per heavy atom. The van der Waals surface area contributed by atoms with Gasteiger partial charge in [0.05, 0.1) is 9.35 Å². The molecule has 0 spiro atoms. The lowest BCUT2D eigenvalue weighted by Crippen LogP contribution is -2.11. The lowest BCUT2D eigenvalue weighted by Gasteiger charge is -2.09. The summed E-state index contributed by atoms with van der Waals surface area (Å²) in [5.41, 5.74) is 1.48. The molecule has 100 valence electrons. The number of carbonyl (C=O) groups is 1. The third-order valence-corrected chi connectivity index (χ3v) is 5.14. The average molecular weight is 411 g/mol. The van der Waals surface area contributed by atoms with Gasteiger partial charge in [-0.3, -0.25) is 4.79 Å². The quantitative estimate of drug-likeness (QED) is 0.578. The van der Waals surface area contributed by atoms with E-state index in [1.807, 2.05) is 47.8 Å². The molecule has 0 aliphatic rings. The van der Waals surface area contributed by atoms with Crippen LogP contribution in [0.3, 0.4) is 0 Å². The van der Waals surface area contributed by atoms with Crippen LogP contribution in [0.2, 0.25) is 0 Å². The van der Waals surface area contributed by atoms with E-state index >= 15 is 0 Å². The van der Waals surface area contributed by atoms with Gasteiger partial charge in [-0.25, -0.2) is 0 Å². The van der Waals surface area contributed by atoms with E-state index < -0.39 is 0 Å². The first-order valence-electron chi connectivity index (χ1n) is 5.88. The fourth-order valence-electron chi connectivity index (χ4n) is 1.99. The highest BCUT2D eigenvalue weighted by molar-refractivity contribution is 9.11. The second-order valence-electron chi connectivity index (χ2n) is 4.23. The molecule has 0 saturated carbocycles. The summed E-state index contributed by atoms with van der Waals surface area (Å²) in [6.07, 6.45) is 0. The Balaban J connectivity index is 1.99. The molecule has 0 atom stereocenters. The lowest BCUT2D eigenvalue weighted by atomic mass is 10.1. The molecule has 0 aliphatic carbocycles. The molecule has 5 heteroatoms. The van der Waals surface area contributed by atoms with Crippen LogP contribution < -0.4 is 5.32 Å². The highest BCUT2D eigenvalue weighted by atomic mass is 79.9. The number of halogens is 2. The van der Waals surface area contributed by atoms with Crippen molar-refractivity contribution in [2.75, 3.05) is 5.32 Å². The summed E-state index contributed by atoms with van der Waals surface area (Å²) in [5.74, 6) is -0.0978. The van der Waals surface area contributed by atoms with E-state index in [0.29, 0.717) is 5.56 Å². The van der Waals surface area contributed by atoms with Gasteiger partial charge in [0.2, 0.25) is 0 Å². The molecule has 3 aromatic rings. The fourth-order valence-corrected chi connectivity index (χ4v) is 3.61. The van der Waals surface area contributed by atoms with Crippen LogP contribution in [0, 0.1) is 0 Å². The van der Waals surface area contributed by atoms with Crippen LogP contribution in [0.1, 0.15) is 10.4 Å². The molecular weight excluding hydrogens is 402 g/mol. The molecule has 0 fully saturated rings. The third kappa shape index (κ3) is 2.66. The van der Waals surface area contributed by atoms with Crippen LogP contribution in [0.5, 0.6) is 0 Å². The van der Waals surface area contributed by atoms with Gasteiger partial charge in [0.1, 0.15) is 0 Å². The van der Waals surface area contributed by atoms with Crippen LogP contribution in [-0.2, 0) is 0 Å². The van der Waals surface area contributed by atoms with Gasteiger partial charge < -0.3 is 5.32 Å². The fraction of sp³-hybridized carbons (Fsp3) is 0. The van der Waals surface area contributed by atoms with Crippen molar-refractivity contribution in [2.45, 2.75) is 0 Å². The lowest BCUT2D eigenvalue weighted by molar-refractivity contribution is 0.102. The predicted molar refractivity (Wildman–Crippen MR) is 91.6 cm³/mol. The standard InChI is InChI=1S/C15H9Br2NOS/c16-12-5-6-13(11-4-2-1-3-10(11)12)18-15(19)9-7-14(17)20-8-9/h1-8H,(H,18,19). The van der Waals surface area contributed by atoms with E-state index in [2.05, 4.69) is 37.2 Å². The zero-order valence-corrected chi connectivity index (χ0v) is 14.2. The number of hydrogen-bond acceptors (Lipinski definition) is 2. The van der Waals surface area contributed by atoms with Gasteiger partial charge >= 0.3 is 0 Å². The predicted octanol–water partition coefficient (Wildman–Crippen LogP) is 5.68. The van der Waals surface area contributed by atoms with Crippen molar-refractivity contribution in [3.63, 3.8) is 0 Å². The molecule has 2 nitrogen and oxygen atoms in total. The van der Waals surface area contributed by atoms with Crippen LogP contribution >= 0.6 is 43.2 Å². The van der Waals surface area contributed by atoms with Crippen molar-refractivity contribution in [3.05, 3.63) is 61.7 Å². The highest BCUT2D eigenvalue weighted by Crippen LogP contribution is 2.30. The van der Waals surface area contributed by atoms with Crippen molar-refractivity contribution in [2.24, 2.45) is 0 Å². The Morgan fingerprint density at radius 1 is 1.05 bits per heavy atom. The van der Waals surface area contributed by atoms with Gasteiger partial charge in [-0.2, -0.15) is 0 Å². The first-order valence-corrected chi connectivity index (χ1v) is 8.34. The normalized spacial score (nSPS) is 10.7. The maximum atomic E-state index is 12.2. The Hall–Kier alpha value is -1.17. The molecule has 1 heterocycles. The molecule has 0 unspecified atom stereocenters. The first-order chi connectivity index (χ1) is 9.65. The van der Waals surface area contributed by atoms with E-state index in [1.54, 1.807) is 0 Å². The van der Waals surface area contributed by atoms with Crippen molar-refractivity contribution in [1.82, 2.24) is 0 Å². The second-order valence-corrected chi connectivity index (χ2v) is 7.38. The number of amides is 1. The largest absolute Gasteiger partial charge is 0.321 e. The molecule has 20 heavy (non-hydrogen) atoms. The zero-order chi connectivity index (χ0) is 14.1. The minimum absolute atomic E-state index is 0.0978. The molecule has 0 radical (unpaired) electrons. The van der Waals surface area contributed by atoms with E-state index in [9.17, 15) is 4.79 Å². The minimum Gasteiger partial charge on any atom is -0.321 e. The number of hydrogen-bond donors (Lipinski definition) is 1. The molecular formula is C15H9Br2NOS. The SMILES string of the molecule is O=C(Nc1ccc(Br)c2ccccc12)c1csc(Br)c1. The Morgan fingerprint density at radius 2 is 1.80 bits per heavy atom. The second kappa shape index (κ2) is 5.68. The van der Waals surface area contributed by atoms with Gasteiger partial charge in [0.15, 0.2) is 0 Å².